The van der Waals surface area contributed by atoms with Gasteiger partial charge in [-0.2, -0.15) is 0 Å². The van der Waals surface area contributed by atoms with Gasteiger partial charge in [-0.3, -0.25) is 4.79 Å². The number of carbonyl (C=O) groups is 1. The zero-order valence-electron chi connectivity index (χ0n) is 13.2. The number of carbonyl (C=O) groups excluding carboxylic acids is 1. The van der Waals surface area contributed by atoms with Gasteiger partial charge in [0.1, 0.15) is 5.75 Å². The zero-order chi connectivity index (χ0) is 16.0. The summed E-state index contributed by atoms with van der Waals surface area (Å²) in [4.78, 5) is 12.1. The molecule has 1 aromatic rings. The summed E-state index contributed by atoms with van der Waals surface area (Å²) in [5.41, 5.74) is 6.32. The number of hydrogen-bond donors (Lipinski definition) is 2. The fourth-order valence-corrected chi connectivity index (χ4v) is 1.98. The Labute approximate surface area is 132 Å². The molecule has 0 aliphatic rings. The van der Waals surface area contributed by atoms with Crippen LogP contribution in [0.25, 0.3) is 0 Å². The summed E-state index contributed by atoms with van der Waals surface area (Å²) >= 11 is 6.18. The number of benzene rings is 1. The van der Waals surface area contributed by atoms with E-state index in [1.807, 2.05) is 32.9 Å². The quantitative estimate of drug-likeness (QED) is 0.813. The SMILES string of the molecule is CCC(C)(C)NC(=O)C(C)Oc1ccc(CCN)cc1Cl. The summed E-state index contributed by atoms with van der Waals surface area (Å²) in [6.45, 7) is 8.27. The highest BCUT2D eigenvalue weighted by atomic mass is 35.5. The van der Waals surface area contributed by atoms with E-state index in [2.05, 4.69) is 5.32 Å². The Morgan fingerprint density at radius 2 is 2.14 bits per heavy atom. The van der Waals surface area contributed by atoms with Crippen molar-refractivity contribution in [3.05, 3.63) is 28.8 Å². The summed E-state index contributed by atoms with van der Waals surface area (Å²) < 4.78 is 5.66. The third kappa shape index (κ3) is 5.56. The second-order valence-corrected chi connectivity index (χ2v) is 6.20. The molecule has 0 aliphatic carbocycles. The molecule has 0 aliphatic heterocycles. The minimum absolute atomic E-state index is 0.149. The summed E-state index contributed by atoms with van der Waals surface area (Å²) in [6.07, 6.45) is 1.01. The number of nitrogens with one attached hydrogen (secondary N) is 1. The van der Waals surface area contributed by atoms with Crippen molar-refractivity contribution in [2.75, 3.05) is 6.54 Å². The molecule has 0 saturated heterocycles. The lowest BCUT2D eigenvalue weighted by Crippen LogP contribution is -2.48. The van der Waals surface area contributed by atoms with E-state index in [1.54, 1.807) is 13.0 Å². The first-order valence-electron chi connectivity index (χ1n) is 7.26. The first kappa shape index (κ1) is 17.8. The Kier molecular flexibility index (Phi) is 6.49. The molecule has 0 spiro atoms. The Morgan fingerprint density at radius 1 is 1.48 bits per heavy atom. The molecular formula is C16H25ClN2O2. The van der Waals surface area contributed by atoms with Crippen LogP contribution in [0, 0.1) is 0 Å². The zero-order valence-corrected chi connectivity index (χ0v) is 14.0. The molecule has 1 amide bonds. The maximum absolute atomic E-state index is 12.1. The normalized spacial score (nSPS) is 12.9. The highest BCUT2D eigenvalue weighted by Gasteiger charge is 2.23. The van der Waals surface area contributed by atoms with Crippen molar-refractivity contribution in [1.29, 1.82) is 0 Å². The lowest BCUT2D eigenvalue weighted by Gasteiger charge is -2.26. The highest BCUT2D eigenvalue weighted by Crippen LogP contribution is 2.26. The largest absolute Gasteiger partial charge is 0.479 e. The lowest BCUT2D eigenvalue weighted by atomic mass is 10.0. The maximum atomic E-state index is 12.1. The van der Waals surface area contributed by atoms with Gasteiger partial charge in [0, 0.05) is 5.54 Å². The van der Waals surface area contributed by atoms with Crippen molar-refractivity contribution in [1.82, 2.24) is 5.32 Å². The van der Waals surface area contributed by atoms with E-state index < -0.39 is 6.10 Å². The topological polar surface area (TPSA) is 64.3 Å². The number of amides is 1. The third-order valence-corrected chi connectivity index (χ3v) is 3.74. The van der Waals surface area contributed by atoms with Crippen molar-refractivity contribution >= 4 is 17.5 Å². The lowest BCUT2D eigenvalue weighted by molar-refractivity contribution is -0.128. The van der Waals surface area contributed by atoms with Gasteiger partial charge in [0.15, 0.2) is 6.10 Å². The predicted molar refractivity (Wildman–Crippen MR) is 86.8 cm³/mol. The molecule has 0 bridgehead atoms. The third-order valence-electron chi connectivity index (χ3n) is 3.45. The molecule has 118 valence electrons. The Morgan fingerprint density at radius 3 is 2.67 bits per heavy atom. The van der Waals surface area contributed by atoms with E-state index in [-0.39, 0.29) is 11.4 Å². The molecule has 5 heteroatoms. The fourth-order valence-electron chi connectivity index (χ4n) is 1.73. The fraction of sp³-hybridized carbons (Fsp3) is 0.562. The molecule has 0 fully saturated rings. The van der Waals surface area contributed by atoms with Gasteiger partial charge in [0.05, 0.1) is 5.02 Å². The number of nitrogens with two attached hydrogens (primary N) is 1. The van der Waals surface area contributed by atoms with E-state index in [9.17, 15) is 4.79 Å². The number of ether oxygens (including phenoxy) is 1. The predicted octanol–water partition coefficient (Wildman–Crippen LogP) is 2.91. The van der Waals surface area contributed by atoms with E-state index in [4.69, 9.17) is 22.1 Å². The van der Waals surface area contributed by atoms with E-state index in [0.29, 0.717) is 17.3 Å². The van der Waals surface area contributed by atoms with Gasteiger partial charge < -0.3 is 15.8 Å². The summed E-state index contributed by atoms with van der Waals surface area (Å²) in [6, 6.07) is 5.51. The first-order chi connectivity index (χ1) is 9.79. The summed E-state index contributed by atoms with van der Waals surface area (Å²) in [7, 11) is 0. The highest BCUT2D eigenvalue weighted by molar-refractivity contribution is 6.32. The smallest absolute Gasteiger partial charge is 0.261 e. The minimum atomic E-state index is -0.603. The number of rotatable bonds is 7. The van der Waals surface area contributed by atoms with Crippen LogP contribution in [-0.4, -0.2) is 24.1 Å². The van der Waals surface area contributed by atoms with Gasteiger partial charge in [0.25, 0.3) is 5.91 Å². The molecule has 0 heterocycles. The van der Waals surface area contributed by atoms with E-state index >= 15 is 0 Å². The molecule has 3 N–H and O–H groups in total. The van der Waals surface area contributed by atoms with Gasteiger partial charge in [-0.25, -0.2) is 0 Å². The van der Waals surface area contributed by atoms with Gasteiger partial charge in [-0.15, -0.1) is 0 Å². The van der Waals surface area contributed by atoms with E-state index in [0.717, 1.165) is 18.4 Å². The van der Waals surface area contributed by atoms with Gasteiger partial charge in [-0.1, -0.05) is 24.6 Å². The average Bonchev–Trinajstić information content (AvgIpc) is 2.41. The van der Waals surface area contributed by atoms with Gasteiger partial charge in [-0.05, 0) is 57.9 Å². The monoisotopic (exact) mass is 312 g/mol. The molecule has 1 unspecified atom stereocenters. The van der Waals surface area contributed by atoms with E-state index in [1.165, 1.54) is 0 Å². The van der Waals surface area contributed by atoms with Crippen LogP contribution in [0.15, 0.2) is 18.2 Å². The van der Waals surface area contributed by atoms with Crippen LogP contribution in [0.1, 0.15) is 39.7 Å². The van der Waals surface area contributed by atoms with Crippen LogP contribution < -0.4 is 15.8 Å². The van der Waals surface area contributed by atoms with Crippen LogP contribution in [-0.2, 0) is 11.2 Å². The second kappa shape index (κ2) is 7.66. The average molecular weight is 313 g/mol. The number of halogens is 1. The van der Waals surface area contributed by atoms with Crippen LogP contribution in [0.5, 0.6) is 5.75 Å². The van der Waals surface area contributed by atoms with Crippen LogP contribution in [0.2, 0.25) is 5.02 Å². The van der Waals surface area contributed by atoms with Gasteiger partial charge in [0.2, 0.25) is 0 Å². The van der Waals surface area contributed by atoms with Crippen molar-refractivity contribution in [2.24, 2.45) is 5.73 Å². The van der Waals surface area contributed by atoms with Crippen LogP contribution in [0.3, 0.4) is 0 Å². The van der Waals surface area contributed by atoms with Crippen LogP contribution >= 0.6 is 11.6 Å². The minimum Gasteiger partial charge on any atom is -0.479 e. The van der Waals surface area contributed by atoms with Crippen LogP contribution in [0.4, 0.5) is 0 Å². The summed E-state index contributed by atoms with van der Waals surface area (Å²) in [5, 5.41) is 3.45. The summed E-state index contributed by atoms with van der Waals surface area (Å²) in [5.74, 6) is 0.360. The Bertz CT molecular complexity index is 489. The molecule has 0 aromatic heterocycles. The molecule has 1 aromatic carbocycles. The molecule has 4 nitrogen and oxygen atoms in total. The molecule has 1 atom stereocenters. The standard InChI is InChI=1S/C16H25ClN2O2/c1-5-16(3,4)19-15(20)11(2)21-14-7-6-12(8-9-18)10-13(14)17/h6-7,10-11H,5,8-9,18H2,1-4H3,(H,19,20). The van der Waals surface area contributed by atoms with Gasteiger partial charge >= 0.3 is 0 Å². The molecule has 21 heavy (non-hydrogen) atoms. The van der Waals surface area contributed by atoms with Crippen molar-refractivity contribution in [3.63, 3.8) is 0 Å². The Balaban J connectivity index is 2.70. The molecule has 0 saturated carbocycles. The Hall–Kier alpha value is -1.26. The molecule has 0 radical (unpaired) electrons. The second-order valence-electron chi connectivity index (χ2n) is 5.79. The maximum Gasteiger partial charge on any atom is 0.261 e. The van der Waals surface area contributed by atoms with Crippen molar-refractivity contribution in [3.8, 4) is 5.75 Å². The van der Waals surface area contributed by atoms with Crippen molar-refractivity contribution < 1.29 is 9.53 Å². The first-order valence-corrected chi connectivity index (χ1v) is 7.64. The van der Waals surface area contributed by atoms with Crippen molar-refractivity contribution in [2.45, 2.75) is 52.2 Å². The molecule has 1 rings (SSSR count). The number of hydrogen-bond acceptors (Lipinski definition) is 3. The molecular weight excluding hydrogens is 288 g/mol.